The van der Waals surface area contributed by atoms with Crippen LogP contribution in [0.2, 0.25) is 0 Å². The standard InChI is InChI=1S/C13H14N4O3S/c18-12(16-13-14-5-6-21-13)8-1-4-10(15-9-2-3-9)11(7-8)17(19)20/h1,4,7,9,15H,2-3,5-6H2,(H,14,16,18). The Bertz CT molecular complexity index is 628. The number of thioether (sulfide) groups is 1. The molecule has 0 aromatic heterocycles. The number of amides is 1. The molecule has 2 aliphatic rings. The Morgan fingerprint density at radius 3 is 2.86 bits per heavy atom. The van der Waals surface area contributed by atoms with Crippen LogP contribution in [0.25, 0.3) is 0 Å². The summed E-state index contributed by atoms with van der Waals surface area (Å²) in [5.74, 6) is 0.476. The first-order valence-electron chi connectivity index (χ1n) is 6.67. The maximum absolute atomic E-state index is 12.1. The number of hydrogen-bond donors (Lipinski definition) is 2. The van der Waals surface area contributed by atoms with Crippen molar-refractivity contribution in [3.05, 3.63) is 33.9 Å². The van der Waals surface area contributed by atoms with Gasteiger partial charge in [-0.1, -0.05) is 11.8 Å². The molecule has 110 valence electrons. The van der Waals surface area contributed by atoms with E-state index >= 15 is 0 Å². The Balaban J connectivity index is 1.79. The highest BCUT2D eigenvalue weighted by atomic mass is 32.2. The molecule has 0 spiro atoms. The van der Waals surface area contributed by atoms with E-state index in [-0.39, 0.29) is 17.2 Å². The van der Waals surface area contributed by atoms with E-state index in [2.05, 4.69) is 15.6 Å². The van der Waals surface area contributed by atoms with Gasteiger partial charge in [-0.3, -0.25) is 19.9 Å². The first kappa shape index (κ1) is 13.9. The van der Waals surface area contributed by atoms with Crippen LogP contribution in [0.1, 0.15) is 23.2 Å². The second kappa shape index (κ2) is 5.72. The summed E-state index contributed by atoms with van der Waals surface area (Å²) in [5.41, 5.74) is 0.653. The molecule has 1 aliphatic carbocycles. The summed E-state index contributed by atoms with van der Waals surface area (Å²) < 4.78 is 0. The minimum atomic E-state index is -0.469. The normalized spacial score (nSPS) is 17.2. The summed E-state index contributed by atoms with van der Waals surface area (Å²) in [4.78, 5) is 26.9. The van der Waals surface area contributed by atoms with Crippen molar-refractivity contribution in [1.82, 2.24) is 5.32 Å². The molecule has 1 aliphatic heterocycles. The average molecular weight is 306 g/mol. The van der Waals surface area contributed by atoms with Crippen LogP contribution < -0.4 is 10.6 Å². The van der Waals surface area contributed by atoms with Gasteiger partial charge < -0.3 is 10.6 Å². The van der Waals surface area contributed by atoms with Crippen molar-refractivity contribution in [2.24, 2.45) is 4.99 Å². The number of nitrogens with one attached hydrogen (secondary N) is 2. The fraction of sp³-hybridized carbons (Fsp3) is 0.385. The Labute approximate surface area is 125 Å². The van der Waals surface area contributed by atoms with Crippen molar-refractivity contribution in [1.29, 1.82) is 0 Å². The smallest absolute Gasteiger partial charge is 0.293 e. The highest BCUT2D eigenvalue weighted by Gasteiger charge is 2.25. The third-order valence-electron chi connectivity index (χ3n) is 3.20. The summed E-state index contributed by atoms with van der Waals surface area (Å²) in [5, 5.41) is 17.5. The summed E-state index contributed by atoms with van der Waals surface area (Å²) in [6.45, 7) is 0.685. The number of nitro groups is 1. The van der Waals surface area contributed by atoms with Crippen molar-refractivity contribution < 1.29 is 9.72 Å². The molecule has 0 bridgehead atoms. The highest BCUT2D eigenvalue weighted by Crippen LogP contribution is 2.31. The van der Waals surface area contributed by atoms with Gasteiger partial charge in [-0.25, -0.2) is 0 Å². The molecule has 0 saturated heterocycles. The van der Waals surface area contributed by atoms with Gasteiger partial charge in [-0.15, -0.1) is 0 Å². The molecule has 21 heavy (non-hydrogen) atoms. The SMILES string of the molecule is O=C(NC1=NCCS1)c1ccc(NC2CC2)c([N+](=O)[O-])c1. The van der Waals surface area contributed by atoms with Gasteiger partial charge in [0.15, 0.2) is 5.17 Å². The van der Waals surface area contributed by atoms with Crippen molar-refractivity contribution in [3.8, 4) is 0 Å². The zero-order valence-corrected chi connectivity index (χ0v) is 12.0. The molecule has 0 unspecified atom stereocenters. The van der Waals surface area contributed by atoms with Crippen LogP contribution in [0.4, 0.5) is 11.4 Å². The second-order valence-corrected chi connectivity index (χ2v) is 5.98. The minimum absolute atomic E-state index is 0.0736. The number of rotatable bonds is 4. The average Bonchev–Trinajstić information content (AvgIpc) is 3.13. The van der Waals surface area contributed by atoms with Gasteiger partial charge in [-0.2, -0.15) is 0 Å². The largest absolute Gasteiger partial charge is 0.377 e. The van der Waals surface area contributed by atoms with E-state index in [1.54, 1.807) is 12.1 Å². The highest BCUT2D eigenvalue weighted by molar-refractivity contribution is 8.14. The van der Waals surface area contributed by atoms with Crippen molar-refractivity contribution in [2.75, 3.05) is 17.6 Å². The summed E-state index contributed by atoms with van der Waals surface area (Å²) >= 11 is 1.47. The lowest BCUT2D eigenvalue weighted by Gasteiger charge is -2.08. The predicted octanol–water partition coefficient (Wildman–Crippen LogP) is 2.00. The third kappa shape index (κ3) is 3.33. The number of amidine groups is 1. The van der Waals surface area contributed by atoms with E-state index in [0.717, 1.165) is 18.6 Å². The molecule has 1 aromatic rings. The van der Waals surface area contributed by atoms with E-state index in [9.17, 15) is 14.9 Å². The number of aliphatic imine (C=N–C) groups is 1. The van der Waals surface area contributed by atoms with E-state index in [1.165, 1.54) is 17.8 Å². The molecular formula is C13H14N4O3S. The number of anilines is 1. The second-order valence-electron chi connectivity index (χ2n) is 4.90. The van der Waals surface area contributed by atoms with Gasteiger partial charge in [0.2, 0.25) is 0 Å². The number of benzene rings is 1. The fourth-order valence-electron chi connectivity index (χ4n) is 1.97. The van der Waals surface area contributed by atoms with Gasteiger partial charge in [0.1, 0.15) is 5.69 Å². The van der Waals surface area contributed by atoms with Crippen molar-refractivity contribution >= 4 is 34.2 Å². The van der Waals surface area contributed by atoms with E-state index in [4.69, 9.17) is 0 Å². The maximum atomic E-state index is 12.1. The molecule has 1 saturated carbocycles. The Kier molecular flexibility index (Phi) is 3.78. The molecular weight excluding hydrogens is 292 g/mol. The van der Waals surface area contributed by atoms with E-state index < -0.39 is 4.92 Å². The van der Waals surface area contributed by atoms with Crippen LogP contribution >= 0.6 is 11.8 Å². The number of carbonyl (C=O) groups excluding carboxylic acids is 1. The van der Waals surface area contributed by atoms with Crippen LogP contribution in [0, 0.1) is 10.1 Å². The Morgan fingerprint density at radius 2 is 2.24 bits per heavy atom. The zero-order valence-electron chi connectivity index (χ0n) is 11.2. The molecule has 1 aromatic carbocycles. The molecule has 8 heteroatoms. The quantitative estimate of drug-likeness (QED) is 0.655. The summed E-state index contributed by atoms with van der Waals surface area (Å²) in [6, 6.07) is 4.80. The van der Waals surface area contributed by atoms with Gasteiger partial charge in [0.05, 0.1) is 11.5 Å². The molecule has 1 fully saturated rings. The van der Waals surface area contributed by atoms with Crippen LogP contribution in [0.3, 0.4) is 0 Å². The monoisotopic (exact) mass is 306 g/mol. The Hall–Kier alpha value is -2.09. The first-order valence-corrected chi connectivity index (χ1v) is 7.65. The van der Waals surface area contributed by atoms with Gasteiger partial charge in [0.25, 0.3) is 11.6 Å². The zero-order chi connectivity index (χ0) is 14.8. The van der Waals surface area contributed by atoms with Crippen LogP contribution in [0.15, 0.2) is 23.2 Å². The summed E-state index contributed by atoms with van der Waals surface area (Å²) in [6.07, 6.45) is 2.05. The molecule has 1 heterocycles. The number of carbonyl (C=O) groups is 1. The van der Waals surface area contributed by atoms with Crippen molar-refractivity contribution in [3.63, 3.8) is 0 Å². The lowest BCUT2D eigenvalue weighted by atomic mass is 10.1. The van der Waals surface area contributed by atoms with Gasteiger partial charge >= 0.3 is 0 Å². The molecule has 1 amide bonds. The van der Waals surface area contributed by atoms with Gasteiger partial charge in [-0.05, 0) is 25.0 Å². The molecule has 0 radical (unpaired) electrons. The number of hydrogen-bond acceptors (Lipinski definition) is 6. The van der Waals surface area contributed by atoms with E-state index in [0.29, 0.717) is 23.4 Å². The summed E-state index contributed by atoms with van der Waals surface area (Å²) in [7, 11) is 0. The molecule has 2 N–H and O–H groups in total. The van der Waals surface area contributed by atoms with Gasteiger partial charge in [0, 0.05) is 23.4 Å². The minimum Gasteiger partial charge on any atom is -0.377 e. The maximum Gasteiger partial charge on any atom is 0.293 e. The third-order valence-corrected chi connectivity index (χ3v) is 4.09. The van der Waals surface area contributed by atoms with E-state index in [1.807, 2.05) is 0 Å². The lowest BCUT2D eigenvalue weighted by Crippen LogP contribution is -2.27. The fourth-order valence-corrected chi connectivity index (χ4v) is 2.70. The predicted molar refractivity (Wildman–Crippen MR) is 82.0 cm³/mol. The lowest BCUT2D eigenvalue weighted by molar-refractivity contribution is -0.384. The van der Waals surface area contributed by atoms with Crippen molar-refractivity contribution in [2.45, 2.75) is 18.9 Å². The molecule has 3 rings (SSSR count). The topological polar surface area (TPSA) is 96.6 Å². The molecule has 7 nitrogen and oxygen atoms in total. The van der Waals surface area contributed by atoms with Crippen LogP contribution in [-0.4, -0.2) is 34.3 Å². The first-order chi connectivity index (χ1) is 10.1. The number of nitrogens with zero attached hydrogens (tertiary/aromatic N) is 2. The Morgan fingerprint density at radius 1 is 1.43 bits per heavy atom. The van der Waals surface area contributed by atoms with Crippen LogP contribution in [-0.2, 0) is 0 Å². The number of nitro benzene ring substituents is 1. The van der Waals surface area contributed by atoms with Crippen LogP contribution in [0.5, 0.6) is 0 Å². The molecule has 0 atom stereocenters.